The maximum Gasteiger partial charge on any atom is 0.245 e. The van der Waals surface area contributed by atoms with Gasteiger partial charge in [0.15, 0.2) is 0 Å². The second-order valence-corrected chi connectivity index (χ2v) is 6.79. The molecule has 0 spiro atoms. The summed E-state index contributed by atoms with van der Waals surface area (Å²) in [4.78, 5) is 0.279. The lowest BCUT2D eigenvalue weighted by atomic mass is 10.1. The minimum Gasteiger partial charge on any atom is -0.398 e. The predicted octanol–water partition coefficient (Wildman–Crippen LogP) is 2.00. The van der Waals surface area contributed by atoms with Crippen molar-refractivity contribution in [2.24, 2.45) is 5.92 Å². The third-order valence-corrected chi connectivity index (χ3v) is 5.75. The monoisotopic (exact) mass is 268 g/mol. The van der Waals surface area contributed by atoms with Crippen molar-refractivity contribution in [2.75, 3.05) is 18.8 Å². The van der Waals surface area contributed by atoms with Crippen molar-refractivity contribution in [1.82, 2.24) is 4.31 Å². The van der Waals surface area contributed by atoms with Gasteiger partial charge in [-0.3, -0.25) is 0 Å². The smallest absolute Gasteiger partial charge is 0.245 e. The van der Waals surface area contributed by atoms with E-state index in [0.717, 1.165) is 18.4 Å². The Morgan fingerprint density at radius 1 is 1.44 bits per heavy atom. The number of rotatable bonds is 3. The lowest BCUT2D eigenvalue weighted by molar-refractivity contribution is 0.453. The fraction of sp³-hybridized carbons (Fsp3) is 0.538. The maximum absolute atomic E-state index is 12.6. The molecule has 0 aliphatic carbocycles. The lowest BCUT2D eigenvalue weighted by Crippen LogP contribution is -2.30. The van der Waals surface area contributed by atoms with E-state index in [-0.39, 0.29) is 4.90 Å². The van der Waals surface area contributed by atoms with Gasteiger partial charge < -0.3 is 5.73 Å². The SMILES string of the molecule is CCC1CCN(S(=O)(=O)c2c(C)cccc2N)C1. The molecule has 18 heavy (non-hydrogen) atoms. The van der Waals surface area contributed by atoms with Gasteiger partial charge in [0.2, 0.25) is 10.0 Å². The van der Waals surface area contributed by atoms with E-state index in [1.54, 1.807) is 29.4 Å². The molecule has 1 aromatic rings. The van der Waals surface area contributed by atoms with Crippen molar-refractivity contribution in [2.45, 2.75) is 31.6 Å². The molecule has 1 aromatic carbocycles. The third-order valence-electron chi connectivity index (χ3n) is 3.67. The van der Waals surface area contributed by atoms with Gasteiger partial charge in [0.1, 0.15) is 4.90 Å². The molecule has 1 fully saturated rings. The fourth-order valence-corrected chi connectivity index (χ4v) is 4.36. The number of nitrogen functional groups attached to an aromatic ring is 1. The molecule has 0 aromatic heterocycles. The number of nitrogens with zero attached hydrogens (tertiary/aromatic N) is 1. The molecule has 0 saturated carbocycles. The molecular weight excluding hydrogens is 248 g/mol. The van der Waals surface area contributed by atoms with Crippen molar-refractivity contribution in [3.8, 4) is 0 Å². The van der Waals surface area contributed by atoms with E-state index in [0.29, 0.717) is 24.7 Å². The Labute approximate surface area is 109 Å². The Balaban J connectivity index is 2.38. The summed E-state index contributed by atoms with van der Waals surface area (Å²) >= 11 is 0. The number of nitrogens with two attached hydrogens (primary N) is 1. The minimum absolute atomic E-state index is 0.279. The quantitative estimate of drug-likeness (QED) is 0.853. The van der Waals surface area contributed by atoms with E-state index in [2.05, 4.69) is 6.92 Å². The Kier molecular flexibility index (Phi) is 3.64. The van der Waals surface area contributed by atoms with Gasteiger partial charge in [-0.25, -0.2) is 8.42 Å². The summed E-state index contributed by atoms with van der Waals surface area (Å²) in [5.41, 5.74) is 6.90. The van der Waals surface area contributed by atoms with Crippen LogP contribution < -0.4 is 5.73 Å². The van der Waals surface area contributed by atoms with Gasteiger partial charge in [0.25, 0.3) is 0 Å². The molecule has 1 saturated heterocycles. The molecule has 5 heteroatoms. The number of anilines is 1. The Bertz CT molecular complexity index is 520. The summed E-state index contributed by atoms with van der Waals surface area (Å²) in [6.07, 6.45) is 1.97. The average molecular weight is 268 g/mol. The normalized spacial score (nSPS) is 21.3. The lowest BCUT2D eigenvalue weighted by Gasteiger charge is -2.19. The molecule has 0 bridgehead atoms. The van der Waals surface area contributed by atoms with Crippen LogP contribution in [-0.2, 0) is 10.0 Å². The van der Waals surface area contributed by atoms with E-state index in [4.69, 9.17) is 5.73 Å². The Morgan fingerprint density at radius 2 is 2.17 bits per heavy atom. The van der Waals surface area contributed by atoms with Gasteiger partial charge in [-0.05, 0) is 30.9 Å². The van der Waals surface area contributed by atoms with Crippen molar-refractivity contribution in [1.29, 1.82) is 0 Å². The first-order valence-corrected chi connectivity index (χ1v) is 7.76. The zero-order valence-electron chi connectivity index (χ0n) is 10.9. The molecule has 100 valence electrons. The molecule has 1 aliphatic heterocycles. The summed E-state index contributed by atoms with van der Waals surface area (Å²) in [6.45, 7) is 5.11. The molecule has 4 nitrogen and oxygen atoms in total. The van der Waals surface area contributed by atoms with Gasteiger partial charge >= 0.3 is 0 Å². The van der Waals surface area contributed by atoms with Crippen LogP contribution in [-0.4, -0.2) is 25.8 Å². The summed E-state index contributed by atoms with van der Waals surface area (Å²) in [5.74, 6) is 0.477. The highest BCUT2D eigenvalue weighted by Gasteiger charge is 2.33. The number of benzene rings is 1. The molecule has 1 atom stereocenters. The summed E-state index contributed by atoms with van der Waals surface area (Å²) in [6, 6.07) is 5.21. The molecule has 1 heterocycles. The zero-order valence-corrected chi connectivity index (χ0v) is 11.7. The van der Waals surface area contributed by atoms with Gasteiger partial charge in [-0.15, -0.1) is 0 Å². The highest BCUT2D eigenvalue weighted by Crippen LogP contribution is 2.30. The Hall–Kier alpha value is -1.07. The highest BCUT2D eigenvalue weighted by atomic mass is 32.2. The van der Waals surface area contributed by atoms with Crippen LogP contribution in [0, 0.1) is 12.8 Å². The fourth-order valence-electron chi connectivity index (χ4n) is 2.51. The van der Waals surface area contributed by atoms with Gasteiger partial charge in [0.05, 0.1) is 5.69 Å². The van der Waals surface area contributed by atoms with E-state index in [1.165, 1.54) is 0 Å². The molecule has 1 aliphatic rings. The number of hydrogen-bond acceptors (Lipinski definition) is 3. The molecule has 0 radical (unpaired) electrons. The second kappa shape index (κ2) is 4.90. The van der Waals surface area contributed by atoms with E-state index in [9.17, 15) is 8.42 Å². The largest absolute Gasteiger partial charge is 0.398 e. The number of hydrogen-bond donors (Lipinski definition) is 1. The van der Waals surface area contributed by atoms with Crippen LogP contribution in [0.1, 0.15) is 25.3 Å². The van der Waals surface area contributed by atoms with Crippen LogP contribution in [0.15, 0.2) is 23.1 Å². The minimum atomic E-state index is -3.43. The Morgan fingerprint density at radius 3 is 2.72 bits per heavy atom. The number of aryl methyl sites for hydroxylation is 1. The standard InChI is InChI=1S/C13H20N2O2S/c1-3-11-7-8-15(9-11)18(16,17)13-10(2)5-4-6-12(13)14/h4-6,11H,3,7-9,14H2,1-2H3. The van der Waals surface area contributed by atoms with Crippen LogP contribution in [0.2, 0.25) is 0 Å². The molecule has 2 rings (SSSR count). The van der Waals surface area contributed by atoms with Crippen molar-refractivity contribution < 1.29 is 8.42 Å². The first kappa shape index (κ1) is 13.4. The summed E-state index contributed by atoms with van der Waals surface area (Å²) in [5, 5.41) is 0. The maximum atomic E-state index is 12.6. The van der Waals surface area contributed by atoms with Gasteiger partial charge in [-0.2, -0.15) is 4.31 Å². The van der Waals surface area contributed by atoms with Crippen molar-refractivity contribution >= 4 is 15.7 Å². The average Bonchev–Trinajstić information content (AvgIpc) is 2.77. The highest BCUT2D eigenvalue weighted by molar-refractivity contribution is 7.89. The molecular formula is C13H20N2O2S. The van der Waals surface area contributed by atoms with Crippen LogP contribution in [0.25, 0.3) is 0 Å². The zero-order chi connectivity index (χ0) is 13.3. The van der Waals surface area contributed by atoms with Crippen LogP contribution in [0.3, 0.4) is 0 Å². The molecule has 1 unspecified atom stereocenters. The topological polar surface area (TPSA) is 63.4 Å². The van der Waals surface area contributed by atoms with Crippen molar-refractivity contribution in [3.05, 3.63) is 23.8 Å². The summed E-state index contributed by atoms with van der Waals surface area (Å²) in [7, 11) is -3.43. The van der Waals surface area contributed by atoms with Crippen LogP contribution in [0.4, 0.5) is 5.69 Å². The third kappa shape index (κ3) is 2.24. The van der Waals surface area contributed by atoms with E-state index >= 15 is 0 Å². The summed E-state index contributed by atoms with van der Waals surface area (Å²) < 4.78 is 26.7. The predicted molar refractivity (Wildman–Crippen MR) is 72.7 cm³/mol. The second-order valence-electron chi connectivity index (χ2n) is 4.92. The van der Waals surface area contributed by atoms with E-state index in [1.807, 2.05) is 0 Å². The molecule has 0 amide bonds. The van der Waals surface area contributed by atoms with E-state index < -0.39 is 10.0 Å². The van der Waals surface area contributed by atoms with Gasteiger partial charge in [-0.1, -0.05) is 25.5 Å². The van der Waals surface area contributed by atoms with Crippen LogP contribution in [0.5, 0.6) is 0 Å². The molecule has 2 N–H and O–H groups in total. The van der Waals surface area contributed by atoms with Crippen LogP contribution >= 0.6 is 0 Å². The number of sulfonamides is 1. The first-order valence-electron chi connectivity index (χ1n) is 6.32. The van der Waals surface area contributed by atoms with Crippen molar-refractivity contribution in [3.63, 3.8) is 0 Å². The first-order chi connectivity index (χ1) is 8.46. The van der Waals surface area contributed by atoms with Gasteiger partial charge in [0, 0.05) is 13.1 Å².